The van der Waals surface area contributed by atoms with Crippen LogP contribution in [-0.4, -0.2) is 59.8 Å². The van der Waals surface area contributed by atoms with Crippen LogP contribution in [-0.2, 0) is 33.5 Å². The van der Waals surface area contributed by atoms with Gasteiger partial charge in [-0.05, 0) is 62.1 Å². The average molecular weight is 593 g/mol. The summed E-state index contributed by atoms with van der Waals surface area (Å²) in [5.41, 5.74) is 5.29. The van der Waals surface area contributed by atoms with Gasteiger partial charge in [0.1, 0.15) is 11.4 Å². The number of carbonyl (C=O) groups excluding carboxylic acids is 2. The van der Waals surface area contributed by atoms with E-state index in [9.17, 15) is 9.59 Å². The SMILES string of the molecule is CC(C)(C)OC(=O)N[C@H](Cc1ccccc1)C(=O)Cc1ccc(-c2ccnc(Cc3ccc(N4CCOCC4)cc3)n2)cc1. The minimum atomic E-state index is -0.709. The van der Waals surface area contributed by atoms with Gasteiger partial charge in [0.2, 0.25) is 0 Å². The van der Waals surface area contributed by atoms with E-state index in [-0.39, 0.29) is 12.2 Å². The zero-order chi connectivity index (χ0) is 30.9. The Morgan fingerprint density at radius 2 is 1.57 bits per heavy atom. The number of alkyl carbamates (subject to hydrolysis) is 1. The molecule has 8 heteroatoms. The second kappa shape index (κ2) is 14.3. The van der Waals surface area contributed by atoms with Crippen LogP contribution in [0, 0.1) is 0 Å². The summed E-state index contributed by atoms with van der Waals surface area (Å²) in [7, 11) is 0. The van der Waals surface area contributed by atoms with Crippen molar-refractivity contribution in [3.8, 4) is 11.3 Å². The summed E-state index contributed by atoms with van der Waals surface area (Å²) in [4.78, 5) is 37.6. The molecule has 44 heavy (non-hydrogen) atoms. The van der Waals surface area contributed by atoms with Gasteiger partial charge in [-0.2, -0.15) is 0 Å². The third-order valence-corrected chi connectivity index (χ3v) is 7.37. The number of rotatable bonds is 10. The Kier molecular flexibility index (Phi) is 10.0. The molecule has 5 rings (SSSR count). The van der Waals surface area contributed by atoms with Crippen LogP contribution in [0.4, 0.5) is 10.5 Å². The van der Waals surface area contributed by atoms with Crippen LogP contribution in [0.3, 0.4) is 0 Å². The van der Waals surface area contributed by atoms with E-state index in [1.54, 1.807) is 27.0 Å². The third kappa shape index (κ3) is 8.97. The fourth-order valence-electron chi connectivity index (χ4n) is 5.14. The predicted molar refractivity (Wildman–Crippen MR) is 172 cm³/mol. The van der Waals surface area contributed by atoms with Crippen molar-refractivity contribution in [2.45, 2.75) is 51.7 Å². The number of benzene rings is 3. The fourth-order valence-corrected chi connectivity index (χ4v) is 5.14. The molecule has 0 bridgehead atoms. The van der Waals surface area contributed by atoms with E-state index in [0.29, 0.717) is 12.8 Å². The highest BCUT2D eigenvalue weighted by Gasteiger charge is 2.25. The predicted octanol–water partition coefficient (Wildman–Crippen LogP) is 5.82. The van der Waals surface area contributed by atoms with Crippen molar-refractivity contribution in [1.29, 1.82) is 0 Å². The molecule has 1 aliphatic rings. The lowest BCUT2D eigenvalue weighted by Crippen LogP contribution is -2.45. The molecule has 1 atom stereocenters. The van der Waals surface area contributed by atoms with E-state index < -0.39 is 17.7 Å². The molecule has 3 aromatic carbocycles. The fraction of sp³-hybridized carbons (Fsp3) is 0.333. The van der Waals surface area contributed by atoms with Crippen LogP contribution in [0.2, 0.25) is 0 Å². The molecule has 0 unspecified atom stereocenters. The molecule has 1 aromatic heterocycles. The summed E-state index contributed by atoms with van der Waals surface area (Å²) >= 11 is 0. The average Bonchev–Trinajstić information content (AvgIpc) is 3.02. The van der Waals surface area contributed by atoms with Gasteiger partial charge in [-0.1, -0.05) is 66.7 Å². The molecule has 1 N–H and O–H groups in total. The molecule has 0 spiro atoms. The zero-order valence-electron chi connectivity index (χ0n) is 25.7. The lowest BCUT2D eigenvalue weighted by Gasteiger charge is -2.28. The van der Waals surface area contributed by atoms with Crippen molar-refractivity contribution in [3.63, 3.8) is 0 Å². The summed E-state index contributed by atoms with van der Waals surface area (Å²) in [6, 6.07) is 27.2. The standard InChI is InChI=1S/C36H40N4O4/c1-36(2,3)44-35(42)39-32(23-26-7-5-4-6-8-26)33(41)24-27-9-13-29(14-10-27)31-17-18-37-34(38-31)25-28-11-15-30(16-12-28)40-19-21-43-22-20-40/h4-18,32H,19-25H2,1-3H3,(H,39,42)/t32-/m1/s1. The van der Waals surface area contributed by atoms with Crippen LogP contribution < -0.4 is 10.2 Å². The first kappa shape index (κ1) is 30.9. The Morgan fingerprint density at radius 3 is 2.25 bits per heavy atom. The maximum atomic E-state index is 13.4. The molecule has 2 heterocycles. The zero-order valence-corrected chi connectivity index (χ0v) is 25.7. The second-order valence-electron chi connectivity index (χ2n) is 12.0. The maximum absolute atomic E-state index is 13.4. The smallest absolute Gasteiger partial charge is 0.408 e. The van der Waals surface area contributed by atoms with Crippen LogP contribution in [0.25, 0.3) is 11.3 Å². The number of ether oxygens (including phenoxy) is 2. The highest BCUT2D eigenvalue weighted by Crippen LogP contribution is 2.21. The Bertz CT molecular complexity index is 1530. The lowest BCUT2D eigenvalue weighted by atomic mass is 9.97. The minimum absolute atomic E-state index is 0.0866. The number of amides is 1. The number of carbonyl (C=O) groups is 2. The van der Waals surface area contributed by atoms with E-state index in [1.807, 2.05) is 60.7 Å². The highest BCUT2D eigenvalue weighted by atomic mass is 16.6. The monoisotopic (exact) mass is 592 g/mol. The van der Waals surface area contributed by atoms with Crippen LogP contribution in [0.5, 0.6) is 0 Å². The van der Waals surface area contributed by atoms with Crippen LogP contribution in [0.1, 0.15) is 43.3 Å². The van der Waals surface area contributed by atoms with Gasteiger partial charge < -0.3 is 19.7 Å². The Morgan fingerprint density at radius 1 is 0.886 bits per heavy atom. The maximum Gasteiger partial charge on any atom is 0.408 e. The van der Waals surface area contributed by atoms with Crippen molar-refractivity contribution in [2.75, 3.05) is 31.2 Å². The van der Waals surface area contributed by atoms with Crippen molar-refractivity contribution in [3.05, 3.63) is 114 Å². The van der Waals surface area contributed by atoms with E-state index in [0.717, 1.165) is 60.1 Å². The number of hydrogen-bond acceptors (Lipinski definition) is 7. The first-order valence-corrected chi connectivity index (χ1v) is 15.1. The minimum Gasteiger partial charge on any atom is -0.444 e. The van der Waals surface area contributed by atoms with Gasteiger partial charge in [0.05, 0.1) is 24.9 Å². The lowest BCUT2D eigenvalue weighted by molar-refractivity contribution is -0.120. The molecular weight excluding hydrogens is 552 g/mol. The number of hydrogen-bond donors (Lipinski definition) is 1. The molecular formula is C36H40N4O4. The number of nitrogens with one attached hydrogen (secondary N) is 1. The number of ketones is 1. The first-order chi connectivity index (χ1) is 21.2. The molecule has 0 saturated carbocycles. The van der Waals surface area contributed by atoms with Gasteiger partial charge in [-0.25, -0.2) is 14.8 Å². The van der Waals surface area contributed by atoms with Gasteiger partial charge in [0.25, 0.3) is 0 Å². The molecule has 1 saturated heterocycles. The van der Waals surface area contributed by atoms with Gasteiger partial charge >= 0.3 is 6.09 Å². The molecule has 0 aliphatic carbocycles. The van der Waals surface area contributed by atoms with Crippen molar-refractivity contribution >= 4 is 17.6 Å². The van der Waals surface area contributed by atoms with E-state index in [1.165, 1.54) is 5.69 Å². The highest BCUT2D eigenvalue weighted by molar-refractivity contribution is 5.89. The Labute approximate surface area is 259 Å². The van der Waals surface area contributed by atoms with Crippen LogP contribution >= 0.6 is 0 Å². The molecule has 1 fully saturated rings. The molecule has 0 radical (unpaired) electrons. The van der Waals surface area contributed by atoms with Crippen LogP contribution in [0.15, 0.2) is 91.1 Å². The van der Waals surface area contributed by atoms with Crippen molar-refractivity contribution < 1.29 is 19.1 Å². The van der Waals surface area contributed by atoms with Gasteiger partial charge in [-0.3, -0.25) is 4.79 Å². The largest absolute Gasteiger partial charge is 0.444 e. The summed E-state index contributed by atoms with van der Waals surface area (Å²) in [5, 5.41) is 2.79. The third-order valence-electron chi connectivity index (χ3n) is 7.37. The Balaban J connectivity index is 1.22. The summed E-state index contributed by atoms with van der Waals surface area (Å²) in [5.74, 6) is 0.661. The van der Waals surface area contributed by atoms with E-state index in [4.69, 9.17) is 14.5 Å². The molecule has 4 aromatic rings. The van der Waals surface area contributed by atoms with Crippen molar-refractivity contribution in [2.24, 2.45) is 0 Å². The van der Waals surface area contributed by atoms with Gasteiger partial charge in [0, 0.05) is 43.4 Å². The summed E-state index contributed by atoms with van der Waals surface area (Å²) in [6.07, 6.45) is 2.39. The first-order valence-electron chi connectivity index (χ1n) is 15.1. The van der Waals surface area contributed by atoms with E-state index >= 15 is 0 Å². The quantitative estimate of drug-likeness (QED) is 0.248. The number of anilines is 1. The van der Waals surface area contributed by atoms with Gasteiger partial charge in [-0.15, -0.1) is 0 Å². The number of morpholine rings is 1. The van der Waals surface area contributed by atoms with Crippen molar-refractivity contribution in [1.82, 2.24) is 15.3 Å². The molecule has 1 aliphatic heterocycles. The summed E-state index contributed by atoms with van der Waals surface area (Å²) < 4.78 is 10.9. The van der Waals surface area contributed by atoms with Gasteiger partial charge in [0.15, 0.2) is 5.78 Å². The number of Topliss-reactive ketones (excluding diaryl/α,β-unsaturated/α-hetero) is 1. The summed E-state index contributed by atoms with van der Waals surface area (Å²) in [6.45, 7) is 8.74. The number of nitrogens with zero attached hydrogens (tertiary/aromatic N) is 3. The van der Waals surface area contributed by atoms with E-state index in [2.05, 4.69) is 39.5 Å². The molecule has 8 nitrogen and oxygen atoms in total. The second-order valence-corrected chi connectivity index (χ2v) is 12.0. The topological polar surface area (TPSA) is 93.6 Å². The number of aromatic nitrogens is 2. The Hall–Kier alpha value is -4.56. The molecule has 1 amide bonds. The molecule has 228 valence electrons. The normalized spacial score (nSPS) is 14.1.